The third kappa shape index (κ3) is 3.86. The predicted molar refractivity (Wildman–Crippen MR) is 81.3 cm³/mol. The van der Waals surface area contributed by atoms with Crippen molar-refractivity contribution in [3.8, 4) is 0 Å². The van der Waals surface area contributed by atoms with Gasteiger partial charge in [0, 0.05) is 6.07 Å². The quantitative estimate of drug-likeness (QED) is 0.581. The molecule has 0 bridgehead atoms. The van der Waals surface area contributed by atoms with Crippen molar-refractivity contribution in [1.82, 2.24) is 4.72 Å². The van der Waals surface area contributed by atoms with Gasteiger partial charge < -0.3 is 5.73 Å². The first-order valence-electron chi connectivity index (χ1n) is 5.93. The molecule has 0 saturated heterocycles. The SMILES string of the molecule is CC(C)[C@@H](NS(=O)(=O)c1c(Cl)ccc([N+](=O)[O-])c1Cl)C(N)=O. The van der Waals surface area contributed by atoms with Gasteiger partial charge in [-0.1, -0.05) is 37.0 Å². The Morgan fingerprint density at radius 1 is 1.36 bits per heavy atom. The van der Waals surface area contributed by atoms with Crippen LogP contribution in [-0.4, -0.2) is 25.3 Å². The number of carbonyl (C=O) groups is 1. The maximum absolute atomic E-state index is 12.4. The van der Waals surface area contributed by atoms with Gasteiger partial charge in [0.25, 0.3) is 5.69 Å². The van der Waals surface area contributed by atoms with Crippen LogP contribution in [0.5, 0.6) is 0 Å². The minimum atomic E-state index is -4.39. The van der Waals surface area contributed by atoms with Gasteiger partial charge in [-0.3, -0.25) is 14.9 Å². The number of hydrogen-bond donors (Lipinski definition) is 2. The van der Waals surface area contributed by atoms with Gasteiger partial charge in [-0.15, -0.1) is 0 Å². The van der Waals surface area contributed by atoms with Gasteiger partial charge in [-0.05, 0) is 12.0 Å². The van der Waals surface area contributed by atoms with E-state index < -0.39 is 48.4 Å². The van der Waals surface area contributed by atoms with Crippen molar-refractivity contribution >= 4 is 44.8 Å². The molecule has 0 fully saturated rings. The second-order valence-electron chi connectivity index (χ2n) is 4.71. The molecule has 0 aromatic heterocycles. The molecule has 1 atom stereocenters. The van der Waals surface area contributed by atoms with Crippen LogP contribution in [0.2, 0.25) is 10.0 Å². The smallest absolute Gasteiger partial charge is 0.289 e. The molecule has 0 aliphatic rings. The van der Waals surface area contributed by atoms with Crippen molar-refractivity contribution in [3.05, 3.63) is 32.3 Å². The highest BCUT2D eigenvalue weighted by atomic mass is 35.5. The van der Waals surface area contributed by atoms with Crippen LogP contribution in [0.25, 0.3) is 0 Å². The Morgan fingerprint density at radius 3 is 2.32 bits per heavy atom. The van der Waals surface area contributed by atoms with Crippen molar-refractivity contribution in [2.75, 3.05) is 0 Å². The van der Waals surface area contributed by atoms with E-state index >= 15 is 0 Å². The lowest BCUT2D eigenvalue weighted by Crippen LogP contribution is -2.47. The number of nitrogens with two attached hydrogens (primary N) is 1. The van der Waals surface area contributed by atoms with E-state index in [1.807, 2.05) is 0 Å². The summed E-state index contributed by atoms with van der Waals surface area (Å²) in [7, 11) is -4.39. The number of nitro benzene ring substituents is 1. The van der Waals surface area contributed by atoms with Crippen LogP contribution in [0.3, 0.4) is 0 Å². The summed E-state index contributed by atoms with van der Waals surface area (Å²) in [5, 5.41) is 9.89. The molecule has 0 heterocycles. The number of halogens is 2. The Labute approximate surface area is 136 Å². The monoisotopic (exact) mass is 369 g/mol. The summed E-state index contributed by atoms with van der Waals surface area (Å²) >= 11 is 11.6. The summed E-state index contributed by atoms with van der Waals surface area (Å²) in [6.45, 7) is 3.16. The molecule has 0 aliphatic carbocycles. The van der Waals surface area contributed by atoms with Gasteiger partial charge in [-0.2, -0.15) is 4.72 Å². The summed E-state index contributed by atoms with van der Waals surface area (Å²) in [5.74, 6) is -1.33. The number of hydrogen-bond acceptors (Lipinski definition) is 5. The lowest BCUT2D eigenvalue weighted by molar-refractivity contribution is -0.384. The number of nitrogens with zero attached hydrogens (tertiary/aromatic N) is 1. The van der Waals surface area contributed by atoms with E-state index in [0.717, 1.165) is 12.1 Å². The van der Waals surface area contributed by atoms with Crippen LogP contribution >= 0.6 is 23.2 Å². The summed E-state index contributed by atoms with van der Waals surface area (Å²) in [5.41, 5.74) is 4.52. The predicted octanol–water partition coefficient (Wildman–Crippen LogP) is 1.69. The van der Waals surface area contributed by atoms with E-state index in [4.69, 9.17) is 28.9 Å². The van der Waals surface area contributed by atoms with Crippen molar-refractivity contribution in [3.63, 3.8) is 0 Å². The van der Waals surface area contributed by atoms with Crippen molar-refractivity contribution in [2.24, 2.45) is 11.7 Å². The fourth-order valence-electron chi connectivity index (χ4n) is 1.66. The maximum atomic E-state index is 12.4. The molecule has 1 amide bonds. The van der Waals surface area contributed by atoms with Gasteiger partial charge in [-0.25, -0.2) is 8.42 Å². The third-order valence-electron chi connectivity index (χ3n) is 2.75. The normalized spacial score (nSPS) is 13.1. The number of amides is 1. The molecule has 22 heavy (non-hydrogen) atoms. The summed E-state index contributed by atoms with van der Waals surface area (Å²) in [6, 6.07) is 0.809. The Balaban J connectivity index is 3.43. The van der Waals surface area contributed by atoms with Gasteiger partial charge >= 0.3 is 0 Å². The fourth-order valence-corrected chi connectivity index (χ4v) is 4.21. The molecule has 0 radical (unpaired) electrons. The topological polar surface area (TPSA) is 132 Å². The van der Waals surface area contributed by atoms with Crippen molar-refractivity contribution in [1.29, 1.82) is 0 Å². The zero-order valence-electron chi connectivity index (χ0n) is 11.5. The second-order valence-corrected chi connectivity index (χ2v) is 7.15. The van der Waals surface area contributed by atoms with Crippen LogP contribution in [0, 0.1) is 16.0 Å². The standard InChI is InChI=1S/C11H13Cl2N3O5S/c1-5(2)9(11(14)17)15-22(20,21)10-6(12)3-4-7(8(10)13)16(18)19/h3-5,9,15H,1-2H3,(H2,14,17)/t9-/m1/s1. The van der Waals surface area contributed by atoms with Crippen LogP contribution in [0.4, 0.5) is 5.69 Å². The Morgan fingerprint density at radius 2 is 1.91 bits per heavy atom. The number of primary amides is 1. The zero-order valence-corrected chi connectivity index (χ0v) is 13.9. The molecular formula is C11H13Cl2N3O5S. The lowest BCUT2D eigenvalue weighted by Gasteiger charge is -2.19. The molecule has 0 aliphatic heterocycles. The van der Waals surface area contributed by atoms with Gasteiger partial charge in [0.2, 0.25) is 15.9 Å². The number of benzene rings is 1. The summed E-state index contributed by atoms with van der Waals surface area (Å²) in [4.78, 5) is 20.6. The van der Waals surface area contributed by atoms with Gasteiger partial charge in [0.15, 0.2) is 0 Å². The molecule has 11 heteroatoms. The average molecular weight is 370 g/mol. The van der Waals surface area contributed by atoms with E-state index in [1.54, 1.807) is 13.8 Å². The van der Waals surface area contributed by atoms with E-state index in [-0.39, 0.29) is 5.02 Å². The van der Waals surface area contributed by atoms with E-state index in [9.17, 15) is 23.3 Å². The molecule has 0 unspecified atom stereocenters. The highest BCUT2D eigenvalue weighted by Crippen LogP contribution is 2.36. The third-order valence-corrected chi connectivity index (χ3v) is 5.20. The molecule has 3 N–H and O–H groups in total. The highest BCUT2D eigenvalue weighted by Gasteiger charge is 2.32. The molecule has 0 saturated carbocycles. The maximum Gasteiger partial charge on any atom is 0.289 e. The molecule has 0 spiro atoms. The number of nitrogens with one attached hydrogen (secondary N) is 1. The minimum absolute atomic E-state index is 0.310. The highest BCUT2D eigenvalue weighted by molar-refractivity contribution is 7.89. The number of carbonyl (C=O) groups excluding carboxylic acids is 1. The molecular weight excluding hydrogens is 357 g/mol. The number of rotatable bonds is 6. The van der Waals surface area contributed by atoms with E-state index in [2.05, 4.69) is 4.72 Å². The average Bonchev–Trinajstić information content (AvgIpc) is 2.34. The number of nitro groups is 1. The van der Waals surface area contributed by atoms with Gasteiger partial charge in [0.05, 0.1) is 9.95 Å². The zero-order chi connectivity index (χ0) is 17.2. The lowest BCUT2D eigenvalue weighted by atomic mass is 10.1. The van der Waals surface area contributed by atoms with Crippen molar-refractivity contribution < 1.29 is 18.1 Å². The van der Waals surface area contributed by atoms with Crippen LogP contribution in [0.1, 0.15) is 13.8 Å². The molecule has 1 aromatic rings. The molecule has 8 nitrogen and oxygen atoms in total. The van der Waals surface area contributed by atoms with E-state index in [0.29, 0.717) is 0 Å². The fraction of sp³-hybridized carbons (Fsp3) is 0.364. The molecule has 1 aromatic carbocycles. The van der Waals surface area contributed by atoms with E-state index in [1.165, 1.54) is 0 Å². The largest absolute Gasteiger partial charge is 0.368 e. The first kappa shape index (κ1) is 18.6. The molecule has 122 valence electrons. The summed E-state index contributed by atoms with van der Waals surface area (Å²) < 4.78 is 26.8. The van der Waals surface area contributed by atoms with Gasteiger partial charge in [0.1, 0.15) is 16.0 Å². The second kappa shape index (κ2) is 6.78. The van der Waals surface area contributed by atoms with Crippen LogP contribution in [0.15, 0.2) is 17.0 Å². The van der Waals surface area contributed by atoms with Crippen LogP contribution in [-0.2, 0) is 14.8 Å². The first-order valence-corrected chi connectivity index (χ1v) is 8.17. The Hall–Kier alpha value is -1.42. The summed E-state index contributed by atoms with van der Waals surface area (Å²) in [6.07, 6.45) is 0. The first-order chi connectivity index (χ1) is 9.99. The van der Waals surface area contributed by atoms with Crippen LogP contribution < -0.4 is 10.5 Å². The van der Waals surface area contributed by atoms with Crippen molar-refractivity contribution in [2.45, 2.75) is 24.8 Å². The Kier molecular flexibility index (Phi) is 5.74. The molecule has 1 rings (SSSR count). The minimum Gasteiger partial charge on any atom is -0.368 e. The number of sulfonamides is 1. The Bertz CT molecular complexity index is 721.